The summed E-state index contributed by atoms with van der Waals surface area (Å²) in [6.07, 6.45) is 2.85. The number of aromatic amines is 1. The lowest BCUT2D eigenvalue weighted by atomic mass is 10.1. The first-order valence-corrected chi connectivity index (χ1v) is 10.0. The molecule has 2 N–H and O–H groups in total. The summed E-state index contributed by atoms with van der Waals surface area (Å²) in [6.45, 7) is 0. The molecule has 140 valence electrons. The van der Waals surface area contributed by atoms with Crippen LogP contribution in [0, 0.1) is 0 Å². The summed E-state index contributed by atoms with van der Waals surface area (Å²) in [5.41, 5.74) is 1.71. The smallest absolute Gasteiger partial charge is 0.280 e. The lowest BCUT2D eigenvalue weighted by molar-refractivity contribution is 0.601. The van der Waals surface area contributed by atoms with Crippen LogP contribution in [0.2, 0.25) is 5.15 Å². The normalized spacial score (nSPS) is 11.5. The maximum Gasteiger partial charge on any atom is 0.280 e. The van der Waals surface area contributed by atoms with E-state index in [9.17, 15) is 13.2 Å². The molecular weight excluding hydrogens is 400 g/mol. The van der Waals surface area contributed by atoms with Gasteiger partial charge in [0.2, 0.25) is 0 Å². The molecular formula is C19H13ClN4O3S. The average Bonchev–Trinajstić information content (AvgIpc) is 2.70. The van der Waals surface area contributed by atoms with E-state index >= 15 is 0 Å². The first kappa shape index (κ1) is 18.1. The summed E-state index contributed by atoms with van der Waals surface area (Å²) in [4.78, 5) is 22.8. The highest BCUT2D eigenvalue weighted by molar-refractivity contribution is 7.92. The zero-order chi connectivity index (χ0) is 19.7. The van der Waals surface area contributed by atoms with E-state index in [1.807, 2.05) is 0 Å². The third kappa shape index (κ3) is 3.47. The third-order valence-electron chi connectivity index (χ3n) is 4.12. The standard InChI is InChI=1S/C19H13ClN4O3S/c20-18-17(24-28(26,27)14-4-2-1-3-5-14)9-13(10-21-18)12-6-7-16-15(8-12)19(25)23-11-22-16/h1-11,24H,(H,22,23,25). The molecule has 0 amide bonds. The Labute approximate surface area is 165 Å². The predicted molar refractivity (Wildman–Crippen MR) is 108 cm³/mol. The number of H-pyrrole nitrogens is 1. The zero-order valence-corrected chi connectivity index (χ0v) is 15.8. The van der Waals surface area contributed by atoms with Crippen molar-refractivity contribution in [1.29, 1.82) is 0 Å². The molecule has 0 aliphatic carbocycles. The van der Waals surface area contributed by atoms with Gasteiger partial charge in [-0.1, -0.05) is 35.9 Å². The Kier molecular flexibility index (Phi) is 4.58. The first-order chi connectivity index (χ1) is 13.4. The van der Waals surface area contributed by atoms with E-state index in [2.05, 4.69) is 19.7 Å². The number of hydrogen-bond acceptors (Lipinski definition) is 5. The van der Waals surface area contributed by atoms with Crippen LogP contribution >= 0.6 is 11.6 Å². The van der Waals surface area contributed by atoms with E-state index in [0.717, 1.165) is 0 Å². The molecule has 28 heavy (non-hydrogen) atoms. The second-order valence-corrected chi connectivity index (χ2v) is 7.99. The maximum atomic E-state index is 12.6. The van der Waals surface area contributed by atoms with E-state index in [0.29, 0.717) is 22.0 Å². The number of nitrogens with zero attached hydrogens (tertiary/aromatic N) is 2. The molecule has 2 aromatic carbocycles. The van der Waals surface area contributed by atoms with E-state index in [4.69, 9.17) is 11.6 Å². The third-order valence-corrected chi connectivity index (χ3v) is 5.80. The molecule has 0 atom stereocenters. The van der Waals surface area contributed by atoms with Crippen LogP contribution in [0.15, 0.2) is 76.8 Å². The molecule has 7 nitrogen and oxygen atoms in total. The number of nitrogens with one attached hydrogen (secondary N) is 2. The molecule has 4 aromatic rings. The molecule has 0 spiro atoms. The Morgan fingerprint density at radius 3 is 2.54 bits per heavy atom. The number of benzene rings is 2. The van der Waals surface area contributed by atoms with Crippen molar-refractivity contribution in [2.24, 2.45) is 0 Å². The summed E-state index contributed by atoms with van der Waals surface area (Å²) in [5, 5.41) is 0.435. The molecule has 0 bridgehead atoms. The van der Waals surface area contributed by atoms with Crippen molar-refractivity contribution in [3.8, 4) is 11.1 Å². The van der Waals surface area contributed by atoms with Crippen molar-refractivity contribution in [2.75, 3.05) is 4.72 Å². The van der Waals surface area contributed by atoms with Crippen molar-refractivity contribution in [3.05, 3.63) is 82.6 Å². The number of halogens is 1. The van der Waals surface area contributed by atoms with Gasteiger partial charge >= 0.3 is 0 Å². The van der Waals surface area contributed by atoms with Gasteiger partial charge in [-0.05, 0) is 35.9 Å². The fourth-order valence-electron chi connectivity index (χ4n) is 2.74. The number of rotatable bonds is 4. The van der Waals surface area contributed by atoms with Crippen LogP contribution in [-0.4, -0.2) is 23.4 Å². The second-order valence-electron chi connectivity index (χ2n) is 5.95. The highest BCUT2D eigenvalue weighted by Crippen LogP contribution is 2.29. The Bertz CT molecular complexity index is 1340. The molecule has 0 saturated carbocycles. The second kappa shape index (κ2) is 7.06. The highest BCUT2D eigenvalue weighted by atomic mass is 35.5. The maximum absolute atomic E-state index is 12.6. The van der Waals surface area contributed by atoms with Gasteiger partial charge in [0.25, 0.3) is 15.6 Å². The van der Waals surface area contributed by atoms with Crippen molar-refractivity contribution < 1.29 is 8.42 Å². The molecule has 2 aromatic heterocycles. The Balaban J connectivity index is 1.76. The number of sulfonamides is 1. The van der Waals surface area contributed by atoms with Gasteiger partial charge in [0, 0.05) is 11.8 Å². The SMILES string of the molecule is O=c1nc[nH]c2ccc(-c3cnc(Cl)c(NS(=O)(=O)c4ccccc4)c3)cc12. The van der Waals surface area contributed by atoms with Crippen LogP contribution in [-0.2, 0) is 10.0 Å². The van der Waals surface area contributed by atoms with Crippen LogP contribution in [0.1, 0.15) is 0 Å². The van der Waals surface area contributed by atoms with Crippen molar-refractivity contribution in [3.63, 3.8) is 0 Å². The van der Waals surface area contributed by atoms with Crippen LogP contribution in [0.25, 0.3) is 22.0 Å². The largest absolute Gasteiger partial charge is 0.346 e. The molecule has 0 radical (unpaired) electrons. The molecule has 0 saturated heterocycles. The monoisotopic (exact) mass is 412 g/mol. The van der Waals surface area contributed by atoms with Gasteiger partial charge in [-0.3, -0.25) is 9.52 Å². The summed E-state index contributed by atoms with van der Waals surface area (Å²) >= 11 is 6.09. The fraction of sp³-hybridized carbons (Fsp3) is 0. The summed E-state index contributed by atoms with van der Waals surface area (Å²) in [6, 6.07) is 14.7. The summed E-state index contributed by atoms with van der Waals surface area (Å²) in [5.74, 6) is 0. The number of hydrogen-bond donors (Lipinski definition) is 2. The van der Waals surface area contributed by atoms with Gasteiger partial charge in [0.1, 0.15) is 0 Å². The summed E-state index contributed by atoms with van der Waals surface area (Å²) < 4.78 is 27.6. The molecule has 0 unspecified atom stereocenters. The number of pyridine rings is 1. The van der Waals surface area contributed by atoms with E-state index in [1.165, 1.54) is 24.7 Å². The molecule has 0 aliphatic rings. The van der Waals surface area contributed by atoms with E-state index in [1.54, 1.807) is 42.5 Å². The minimum absolute atomic E-state index is 0.0172. The molecule has 9 heteroatoms. The molecule has 0 aliphatic heterocycles. The van der Waals surface area contributed by atoms with Gasteiger partial charge in [-0.25, -0.2) is 13.4 Å². The summed E-state index contributed by atoms with van der Waals surface area (Å²) in [7, 11) is -3.82. The Hall–Kier alpha value is -3.23. The van der Waals surface area contributed by atoms with Crippen LogP contribution < -0.4 is 10.3 Å². The van der Waals surface area contributed by atoms with Gasteiger partial charge in [0.05, 0.1) is 27.8 Å². The first-order valence-electron chi connectivity index (χ1n) is 8.15. The highest BCUT2D eigenvalue weighted by Gasteiger charge is 2.16. The lowest BCUT2D eigenvalue weighted by Gasteiger charge is -2.11. The quantitative estimate of drug-likeness (QED) is 0.499. The van der Waals surface area contributed by atoms with Crippen LogP contribution in [0.3, 0.4) is 0 Å². The number of aromatic nitrogens is 3. The van der Waals surface area contributed by atoms with Gasteiger partial charge in [-0.15, -0.1) is 0 Å². The molecule has 0 fully saturated rings. The minimum atomic E-state index is -3.82. The van der Waals surface area contributed by atoms with Gasteiger partial charge in [0.15, 0.2) is 5.15 Å². The Morgan fingerprint density at radius 1 is 0.964 bits per heavy atom. The number of anilines is 1. The van der Waals surface area contributed by atoms with Gasteiger partial charge < -0.3 is 4.98 Å². The Morgan fingerprint density at radius 2 is 1.75 bits per heavy atom. The van der Waals surface area contributed by atoms with Crippen molar-refractivity contribution >= 4 is 38.2 Å². The van der Waals surface area contributed by atoms with E-state index in [-0.39, 0.29) is 21.3 Å². The molecule has 2 heterocycles. The van der Waals surface area contributed by atoms with Gasteiger partial charge in [-0.2, -0.15) is 4.98 Å². The van der Waals surface area contributed by atoms with Crippen molar-refractivity contribution in [2.45, 2.75) is 4.90 Å². The number of fused-ring (bicyclic) bond motifs is 1. The van der Waals surface area contributed by atoms with E-state index < -0.39 is 10.0 Å². The lowest BCUT2D eigenvalue weighted by Crippen LogP contribution is -2.13. The topological polar surface area (TPSA) is 105 Å². The van der Waals surface area contributed by atoms with Crippen LogP contribution in [0.4, 0.5) is 5.69 Å². The van der Waals surface area contributed by atoms with Crippen molar-refractivity contribution in [1.82, 2.24) is 15.0 Å². The zero-order valence-electron chi connectivity index (χ0n) is 14.3. The fourth-order valence-corrected chi connectivity index (χ4v) is 4.02. The average molecular weight is 413 g/mol. The van der Waals surface area contributed by atoms with Crippen LogP contribution in [0.5, 0.6) is 0 Å². The predicted octanol–water partition coefficient (Wildman–Crippen LogP) is 3.44. The minimum Gasteiger partial charge on any atom is -0.346 e. The molecule has 4 rings (SSSR count).